The minimum absolute atomic E-state index is 0.856. The summed E-state index contributed by atoms with van der Waals surface area (Å²) in [5, 5.41) is 9.61. The van der Waals surface area contributed by atoms with Crippen molar-refractivity contribution >= 4 is 71.3 Å². The first kappa shape index (κ1) is 32.0. The minimum Gasteiger partial charge on any atom is -0.454 e. The molecule has 0 aliphatic carbocycles. The fourth-order valence-corrected chi connectivity index (χ4v) is 8.52. The fraction of sp³-hybridized carbons (Fsp3) is 0. The molecule has 1 heterocycles. The van der Waals surface area contributed by atoms with Crippen LogP contribution in [-0.2, 0) is 0 Å². The molecule has 2 nitrogen and oxygen atoms in total. The Morgan fingerprint density at radius 2 is 0.911 bits per heavy atom. The molecule has 2 heteroatoms. The van der Waals surface area contributed by atoms with E-state index >= 15 is 0 Å². The van der Waals surface area contributed by atoms with Gasteiger partial charge in [0.05, 0.1) is 11.4 Å². The van der Waals surface area contributed by atoms with Crippen molar-refractivity contribution in [2.45, 2.75) is 0 Å². The fourth-order valence-electron chi connectivity index (χ4n) is 8.52. The van der Waals surface area contributed by atoms with Crippen LogP contribution in [0.3, 0.4) is 0 Å². The maximum Gasteiger partial charge on any atom is 0.159 e. The average Bonchev–Trinajstić information content (AvgIpc) is 3.66. The summed E-state index contributed by atoms with van der Waals surface area (Å²) in [6.07, 6.45) is 0. The van der Waals surface area contributed by atoms with Crippen LogP contribution in [-0.4, -0.2) is 0 Å². The summed E-state index contributed by atoms with van der Waals surface area (Å²) >= 11 is 0. The first-order valence-electron chi connectivity index (χ1n) is 19.2. The van der Waals surface area contributed by atoms with Gasteiger partial charge in [-0.2, -0.15) is 0 Å². The van der Waals surface area contributed by atoms with Crippen molar-refractivity contribution in [2.75, 3.05) is 4.90 Å². The predicted molar refractivity (Wildman–Crippen MR) is 237 cm³/mol. The van der Waals surface area contributed by atoms with Crippen LogP contribution in [0.2, 0.25) is 0 Å². The van der Waals surface area contributed by atoms with E-state index < -0.39 is 0 Å². The first-order chi connectivity index (χ1) is 27.8. The summed E-state index contributed by atoms with van der Waals surface area (Å²) in [5.41, 5.74) is 12.0. The van der Waals surface area contributed by atoms with E-state index in [2.05, 4.69) is 217 Å². The Hall–Kier alpha value is -7.42. The Kier molecular flexibility index (Phi) is 7.53. The molecule has 0 saturated carbocycles. The molecule has 0 spiro atoms. The predicted octanol–water partition coefficient (Wildman–Crippen LogP) is 15.5. The number of nitrogens with zero attached hydrogens (tertiary/aromatic N) is 1. The highest BCUT2D eigenvalue weighted by Crippen LogP contribution is 2.46. The van der Waals surface area contributed by atoms with E-state index in [4.69, 9.17) is 4.42 Å². The molecule has 262 valence electrons. The molecule has 11 rings (SSSR count). The molecule has 0 aliphatic rings. The molecule has 0 amide bonds. The molecule has 11 aromatic rings. The summed E-state index contributed by atoms with van der Waals surface area (Å²) in [4.78, 5) is 2.37. The van der Waals surface area contributed by atoms with Crippen LogP contribution in [0, 0.1) is 0 Å². The molecule has 10 aromatic carbocycles. The largest absolute Gasteiger partial charge is 0.454 e. The van der Waals surface area contributed by atoms with Gasteiger partial charge in [0.2, 0.25) is 0 Å². The van der Waals surface area contributed by atoms with Crippen molar-refractivity contribution < 1.29 is 4.42 Å². The summed E-state index contributed by atoms with van der Waals surface area (Å²) in [6.45, 7) is 0. The Morgan fingerprint density at radius 3 is 1.73 bits per heavy atom. The lowest BCUT2D eigenvalue weighted by Gasteiger charge is -2.27. The Bertz CT molecular complexity index is 3230. The second kappa shape index (κ2) is 13.2. The Labute approximate surface area is 325 Å². The van der Waals surface area contributed by atoms with Crippen molar-refractivity contribution in [3.05, 3.63) is 212 Å². The van der Waals surface area contributed by atoms with Crippen LogP contribution in [0.4, 0.5) is 17.1 Å². The van der Waals surface area contributed by atoms with E-state index in [1.165, 1.54) is 65.7 Å². The average molecular weight is 714 g/mol. The number of rotatable bonds is 6. The van der Waals surface area contributed by atoms with Crippen molar-refractivity contribution in [3.63, 3.8) is 0 Å². The number of benzene rings is 10. The number of furan rings is 1. The van der Waals surface area contributed by atoms with Gasteiger partial charge < -0.3 is 9.32 Å². The Balaban J connectivity index is 1.09. The third kappa shape index (κ3) is 5.34. The van der Waals surface area contributed by atoms with Crippen molar-refractivity contribution in [1.29, 1.82) is 0 Å². The maximum atomic E-state index is 6.83. The summed E-state index contributed by atoms with van der Waals surface area (Å²) < 4.78 is 6.83. The first-order valence-corrected chi connectivity index (χ1v) is 19.2. The molecule has 0 N–H and O–H groups in total. The third-order valence-corrected chi connectivity index (χ3v) is 11.3. The van der Waals surface area contributed by atoms with Gasteiger partial charge in [-0.15, -0.1) is 0 Å². The molecular weight excluding hydrogens is 679 g/mol. The Morgan fingerprint density at radius 1 is 0.304 bits per heavy atom. The highest BCUT2D eigenvalue weighted by Gasteiger charge is 2.22. The molecule has 0 atom stereocenters. The maximum absolute atomic E-state index is 6.83. The SMILES string of the molecule is c1ccc(-c2ccc3oc4c(N(c5ccc(-c6ccc7c(ccc8ccccc87)c6)cc5)c5ccc(-c6ccccc6)c6ccccc56)cccc4c3c2)cc1. The second-order valence-corrected chi connectivity index (χ2v) is 14.5. The molecule has 0 unspecified atom stereocenters. The van der Waals surface area contributed by atoms with E-state index in [-0.39, 0.29) is 0 Å². The van der Waals surface area contributed by atoms with E-state index in [9.17, 15) is 0 Å². The van der Waals surface area contributed by atoms with Gasteiger partial charge in [-0.3, -0.25) is 0 Å². The standard InChI is InChI=1S/C54H35NO/c1-3-12-36(13-4-1)41-27-33-53-50(35-41)49-20-11-21-52(54(49)56-53)55(51-32-31-45(38-14-5-2-6-15-38)47-18-9-10-19-48(47)51)43-28-24-37(25-29-43)40-26-30-46-42(34-40)23-22-39-16-7-8-17-44(39)46/h1-35H. The lowest BCUT2D eigenvalue weighted by atomic mass is 9.96. The number of hydrogen-bond acceptors (Lipinski definition) is 2. The molecule has 0 saturated heterocycles. The smallest absolute Gasteiger partial charge is 0.159 e. The van der Waals surface area contributed by atoms with E-state index in [0.29, 0.717) is 0 Å². The van der Waals surface area contributed by atoms with Gasteiger partial charge >= 0.3 is 0 Å². The molecule has 0 fully saturated rings. The van der Waals surface area contributed by atoms with E-state index in [1.807, 2.05) is 0 Å². The lowest BCUT2D eigenvalue weighted by Crippen LogP contribution is -2.11. The highest BCUT2D eigenvalue weighted by atomic mass is 16.3. The molecule has 56 heavy (non-hydrogen) atoms. The van der Waals surface area contributed by atoms with Crippen LogP contribution in [0.1, 0.15) is 0 Å². The molecule has 1 aromatic heterocycles. The van der Waals surface area contributed by atoms with Crippen LogP contribution in [0.15, 0.2) is 217 Å². The summed E-state index contributed by atoms with van der Waals surface area (Å²) in [6, 6.07) is 76.4. The molecule has 0 bridgehead atoms. The zero-order chi connectivity index (χ0) is 37.0. The van der Waals surface area contributed by atoms with Gasteiger partial charge in [0.1, 0.15) is 5.58 Å². The van der Waals surface area contributed by atoms with Crippen molar-refractivity contribution in [1.82, 2.24) is 0 Å². The van der Waals surface area contributed by atoms with Gasteiger partial charge in [-0.25, -0.2) is 0 Å². The third-order valence-electron chi connectivity index (χ3n) is 11.3. The van der Waals surface area contributed by atoms with Gasteiger partial charge in [-0.05, 0) is 103 Å². The second-order valence-electron chi connectivity index (χ2n) is 14.5. The zero-order valence-electron chi connectivity index (χ0n) is 30.6. The van der Waals surface area contributed by atoms with Crippen LogP contribution in [0.25, 0.3) is 87.6 Å². The summed E-state index contributed by atoms with van der Waals surface area (Å²) in [7, 11) is 0. The van der Waals surface area contributed by atoms with Gasteiger partial charge in [0.25, 0.3) is 0 Å². The van der Waals surface area contributed by atoms with Gasteiger partial charge in [-0.1, -0.05) is 170 Å². The number of hydrogen-bond donors (Lipinski definition) is 0. The quantitative estimate of drug-likeness (QED) is 0.160. The molecular formula is C54H35NO. The highest BCUT2D eigenvalue weighted by molar-refractivity contribution is 6.14. The van der Waals surface area contributed by atoms with E-state index in [1.54, 1.807) is 0 Å². The van der Waals surface area contributed by atoms with Crippen LogP contribution < -0.4 is 4.90 Å². The van der Waals surface area contributed by atoms with Crippen LogP contribution >= 0.6 is 0 Å². The van der Waals surface area contributed by atoms with Crippen LogP contribution in [0.5, 0.6) is 0 Å². The lowest BCUT2D eigenvalue weighted by molar-refractivity contribution is 0.669. The van der Waals surface area contributed by atoms with E-state index in [0.717, 1.165) is 39.0 Å². The number of anilines is 3. The topological polar surface area (TPSA) is 16.4 Å². The van der Waals surface area contributed by atoms with Gasteiger partial charge in [0, 0.05) is 21.8 Å². The number of para-hydroxylation sites is 1. The van der Waals surface area contributed by atoms with Crippen molar-refractivity contribution in [2.24, 2.45) is 0 Å². The summed E-state index contributed by atoms with van der Waals surface area (Å²) in [5.74, 6) is 0. The molecule has 0 radical (unpaired) electrons. The minimum atomic E-state index is 0.856. The molecule has 0 aliphatic heterocycles. The zero-order valence-corrected chi connectivity index (χ0v) is 30.6. The monoisotopic (exact) mass is 713 g/mol. The van der Waals surface area contributed by atoms with Crippen molar-refractivity contribution in [3.8, 4) is 33.4 Å². The normalized spacial score (nSPS) is 11.6. The van der Waals surface area contributed by atoms with Gasteiger partial charge in [0.15, 0.2) is 5.58 Å². The number of fused-ring (bicyclic) bond motifs is 7.